The molecule has 0 radical (unpaired) electrons. The molecule has 1 saturated heterocycles. The van der Waals surface area contributed by atoms with Gasteiger partial charge in [0.05, 0.1) is 6.10 Å². The third-order valence-corrected chi connectivity index (χ3v) is 3.15. The van der Waals surface area contributed by atoms with Crippen LogP contribution in [-0.4, -0.2) is 12.0 Å². The minimum absolute atomic E-state index is 0.0396. The quantitative estimate of drug-likeness (QED) is 0.715. The van der Waals surface area contributed by atoms with Crippen molar-refractivity contribution in [3.05, 3.63) is 35.4 Å². The molecule has 2 rings (SSSR count). The fourth-order valence-corrected chi connectivity index (χ4v) is 2.13. The lowest BCUT2D eigenvalue weighted by molar-refractivity contribution is 0.0167. The van der Waals surface area contributed by atoms with Gasteiger partial charge in [-0.3, -0.25) is 0 Å². The van der Waals surface area contributed by atoms with Crippen LogP contribution in [0.5, 0.6) is 0 Å². The van der Waals surface area contributed by atoms with Gasteiger partial charge in [0, 0.05) is 17.5 Å². The van der Waals surface area contributed by atoms with Gasteiger partial charge in [0.2, 0.25) is 0 Å². The third-order valence-electron chi connectivity index (χ3n) is 2.75. The highest BCUT2D eigenvalue weighted by molar-refractivity contribution is 6.20. The zero-order chi connectivity index (χ0) is 11.5. The second-order valence-corrected chi connectivity index (χ2v) is 4.57. The number of benzene rings is 1. The highest BCUT2D eigenvalue weighted by atomic mass is 35.5. The van der Waals surface area contributed by atoms with Gasteiger partial charge in [-0.25, -0.2) is 8.78 Å². The molecule has 4 heteroatoms. The number of alkyl halides is 3. The van der Waals surface area contributed by atoms with Gasteiger partial charge in [0.15, 0.2) is 0 Å². The van der Waals surface area contributed by atoms with E-state index < -0.39 is 6.43 Å². The number of ether oxygens (including phenoxy) is 1. The Bertz CT molecular complexity index is 357. The van der Waals surface area contributed by atoms with E-state index in [9.17, 15) is 8.78 Å². The zero-order valence-electron chi connectivity index (χ0n) is 8.70. The summed E-state index contributed by atoms with van der Waals surface area (Å²) in [6.07, 6.45) is -1.06. The smallest absolute Gasteiger partial charge is 0.263 e. The van der Waals surface area contributed by atoms with Gasteiger partial charge in [-0.05, 0) is 24.5 Å². The van der Waals surface area contributed by atoms with Crippen LogP contribution in [0.15, 0.2) is 24.3 Å². The van der Waals surface area contributed by atoms with Crippen LogP contribution < -0.4 is 0 Å². The van der Waals surface area contributed by atoms with Crippen LogP contribution in [0.2, 0.25) is 0 Å². The van der Waals surface area contributed by atoms with Crippen LogP contribution in [0, 0.1) is 0 Å². The van der Waals surface area contributed by atoms with Crippen molar-refractivity contribution in [1.82, 2.24) is 0 Å². The van der Waals surface area contributed by atoms with E-state index in [1.165, 1.54) is 12.1 Å². The Hall–Kier alpha value is -0.670. The maximum Gasteiger partial charge on any atom is 0.263 e. The maximum absolute atomic E-state index is 12.5. The maximum atomic E-state index is 12.5. The summed E-state index contributed by atoms with van der Waals surface area (Å²) in [5.41, 5.74) is 0.834. The Balaban J connectivity index is 2.16. The monoisotopic (exact) mass is 246 g/mol. The minimum Gasteiger partial charge on any atom is -0.373 e. The zero-order valence-corrected chi connectivity index (χ0v) is 9.46. The first-order valence-electron chi connectivity index (χ1n) is 5.30. The van der Waals surface area contributed by atoms with Gasteiger partial charge in [0.1, 0.15) is 0 Å². The summed E-state index contributed by atoms with van der Waals surface area (Å²) in [6, 6.07) is 6.38. The molecular weight excluding hydrogens is 234 g/mol. The highest BCUT2D eigenvalue weighted by Crippen LogP contribution is 2.32. The van der Waals surface area contributed by atoms with Crippen LogP contribution in [0.1, 0.15) is 36.5 Å². The summed E-state index contributed by atoms with van der Waals surface area (Å²) < 4.78 is 30.6. The summed E-state index contributed by atoms with van der Waals surface area (Å²) in [6.45, 7) is 0.595. The summed E-state index contributed by atoms with van der Waals surface area (Å²) in [5, 5.41) is 0.0777. The molecule has 0 saturated carbocycles. The molecule has 1 fully saturated rings. The second kappa shape index (κ2) is 5.11. The molecule has 1 aromatic rings. The van der Waals surface area contributed by atoms with E-state index in [1.807, 2.05) is 6.07 Å². The van der Waals surface area contributed by atoms with E-state index in [0.717, 1.165) is 12.0 Å². The third kappa shape index (κ3) is 2.71. The Kier molecular flexibility index (Phi) is 3.77. The molecule has 16 heavy (non-hydrogen) atoms. The Labute approximate surface area is 98.4 Å². The molecule has 1 aliphatic heterocycles. The molecule has 88 valence electrons. The lowest BCUT2D eigenvalue weighted by atomic mass is 9.99. The summed E-state index contributed by atoms with van der Waals surface area (Å²) in [4.78, 5) is 0. The van der Waals surface area contributed by atoms with Crippen LogP contribution in [0.3, 0.4) is 0 Å². The minimum atomic E-state index is -2.43. The Morgan fingerprint density at radius 1 is 1.38 bits per heavy atom. The first-order valence-corrected chi connectivity index (χ1v) is 5.74. The van der Waals surface area contributed by atoms with Crippen LogP contribution in [0.25, 0.3) is 0 Å². The number of hydrogen-bond donors (Lipinski definition) is 0. The summed E-state index contributed by atoms with van der Waals surface area (Å²) in [5.74, 6) is 0. The van der Waals surface area contributed by atoms with Crippen molar-refractivity contribution in [3.63, 3.8) is 0 Å². The predicted octanol–water partition coefficient (Wildman–Crippen LogP) is 4.08. The van der Waals surface area contributed by atoms with Crippen molar-refractivity contribution >= 4 is 11.6 Å². The predicted molar refractivity (Wildman–Crippen MR) is 59.0 cm³/mol. The van der Waals surface area contributed by atoms with E-state index in [4.69, 9.17) is 16.3 Å². The summed E-state index contributed by atoms with van der Waals surface area (Å²) in [7, 11) is 0. The first-order chi connectivity index (χ1) is 7.66. The average Bonchev–Trinajstić information content (AvgIpc) is 2.29. The lowest BCUT2D eigenvalue weighted by Crippen LogP contribution is -2.19. The average molecular weight is 247 g/mol. The van der Waals surface area contributed by atoms with Gasteiger partial charge >= 0.3 is 0 Å². The standard InChI is InChI=1S/C12H13ClF2O/c13-10-4-5-16-11(7-10)8-2-1-3-9(6-8)12(14)15/h1-3,6,10-12H,4-5,7H2. The van der Waals surface area contributed by atoms with Crippen LogP contribution in [0.4, 0.5) is 8.78 Å². The second-order valence-electron chi connectivity index (χ2n) is 3.95. The molecule has 0 aromatic heterocycles. The van der Waals surface area contributed by atoms with Gasteiger partial charge in [-0.2, -0.15) is 0 Å². The van der Waals surface area contributed by atoms with E-state index >= 15 is 0 Å². The van der Waals surface area contributed by atoms with Gasteiger partial charge in [-0.15, -0.1) is 11.6 Å². The van der Waals surface area contributed by atoms with Gasteiger partial charge in [-0.1, -0.05) is 18.2 Å². The molecule has 0 spiro atoms. The molecule has 1 nitrogen and oxygen atoms in total. The number of hydrogen-bond acceptors (Lipinski definition) is 1. The molecule has 1 aliphatic rings. The van der Waals surface area contributed by atoms with Crippen molar-refractivity contribution in [3.8, 4) is 0 Å². The Morgan fingerprint density at radius 3 is 2.88 bits per heavy atom. The normalized spacial score (nSPS) is 26.0. The molecule has 2 atom stereocenters. The number of rotatable bonds is 2. The van der Waals surface area contributed by atoms with Crippen LogP contribution >= 0.6 is 11.6 Å². The Morgan fingerprint density at radius 2 is 2.19 bits per heavy atom. The van der Waals surface area contributed by atoms with E-state index in [1.54, 1.807) is 6.07 Å². The van der Waals surface area contributed by atoms with E-state index in [-0.39, 0.29) is 17.0 Å². The molecule has 0 bridgehead atoms. The fraction of sp³-hybridized carbons (Fsp3) is 0.500. The van der Waals surface area contributed by atoms with Crippen LogP contribution in [-0.2, 0) is 4.74 Å². The number of halogens is 3. The van der Waals surface area contributed by atoms with Crippen molar-refractivity contribution in [1.29, 1.82) is 0 Å². The molecule has 1 aromatic carbocycles. The van der Waals surface area contributed by atoms with Gasteiger partial charge in [0.25, 0.3) is 6.43 Å². The van der Waals surface area contributed by atoms with Crippen molar-refractivity contribution in [2.75, 3.05) is 6.61 Å². The first kappa shape index (κ1) is 11.8. The lowest BCUT2D eigenvalue weighted by Gasteiger charge is -2.26. The largest absolute Gasteiger partial charge is 0.373 e. The van der Waals surface area contributed by atoms with Crippen molar-refractivity contribution in [2.24, 2.45) is 0 Å². The molecule has 2 unspecified atom stereocenters. The summed E-state index contributed by atoms with van der Waals surface area (Å²) >= 11 is 6.04. The van der Waals surface area contributed by atoms with Crippen molar-refractivity contribution < 1.29 is 13.5 Å². The van der Waals surface area contributed by atoms with Crippen molar-refractivity contribution in [2.45, 2.75) is 30.7 Å². The SMILES string of the molecule is FC(F)c1cccc(C2CC(Cl)CCO2)c1. The molecule has 0 N–H and O–H groups in total. The molecule has 0 amide bonds. The highest BCUT2D eigenvalue weighted by Gasteiger charge is 2.23. The van der Waals surface area contributed by atoms with Gasteiger partial charge < -0.3 is 4.74 Å². The molecule has 1 heterocycles. The van der Waals surface area contributed by atoms with E-state index in [2.05, 4.69) is 0 Å². The van der Waals surface area contributed by atoms with E-state index in [0.29, 0.717) is 13.0 Å². The molecular formula is C12H13ClF2O. The topological polar surface area (TPSA) is 9.23 Å². The fourth-order valence-electron chi connectivity index (χ4n) is 1.88. The molecule has 0 aliphatic carbocycles.